The van der Waals surface area contributed by atoms with Crippen LogP contribution in [0.1, 0.15) is 51.3 Å². The third kappa shape index (κ3) is 6.19. The van der Waals surface area contributed by atoms with E-state index < -0.39 is 0 Å². The van der Waals surface area contributed by atoms with Gasteiger partial charge >= 0.3 is 0 Å². The smallest absolute Gasteiger partial charge is 0.266 e. The van der Waals surface area contributed by atoms with Crippen molar-refractivity contribution in [3.8, 4) is 16.9 Å². The number of fused-ring (bicyclic) bond motifs is 1. The molecular weight excluding hydrogens is 566 g/mol. The van der Waals surface area contributed by atoms with Crippen LogP contribution in [0.5, 0.6) is 5.75 Å². The van der Waals surface area contributed by atoms with Gasteiger partial charge < -0.3 is 19.4 Å². The average Bonchev–Trinajstić information content (AvgIpc) is 3.35. The Labute approximate surface area is 257 Å². The van der Waals surface area contributed by atoms with Gasteiger partial charge in [-0.1, -0.05) is 48.0 Å². The number of nitrogens with zero attached hydrogens (tertiary/aromatic N) is 3. The van der Waals surface area contributed by atoms with Gasteiger partial charge in [-0.25, -0.2) is 0 Å². The summed E-state index contributed by atoms with van der Waals surface area (Å²) in [7, 11) is 9.42. The molecule has 0 spiro atoms. The molecule has 1 saturated carbocycles. The zero-order chi connectivity index (χ0) is 30.0. The highest BCUT2D eigenvalue weighted by atomic mass is 35.5. The Morgan fingerprint density at radius 2 is 1.50 bits per heavy atom. The summed E-state index contributed by atoms with van der Waals surface area (Å²) in [5.41, 5.74) is 3.57. The fourth-order valence-electron chi connectivity index (χ4n) is 5.86. The van der Waals surface area contributed by atoms with Gasteiger partial charge in [0.1, 0.15) is 10.6 Å². The Bertz CT molecular complexity index is 1570. The predicted octanol–water partition coefficient (Wildman–Crippen LogP) is 7.45. The highest BCUT2D eigenvalue weighted by molar-refractivity contribution is 7.21. The molecule has 0 saturated heterocycles. The van der Waals surface area contributed by atoms with Crippen LogP contribution in [0.25, 0.3) is 21.2 Å². The van der Waals surface area contributed by atoms with Crippen molar-refractivity contribution >= 4 is 44.8 Å². The van der Waals surface area contributed by atoms with Crippen LogP contribution in [-0.2, 0) is 6.54 Å². The minimum atomic E-state index is -0.0338. The number of carbonyl (C=O) groups is 2. The number of rotatable bonds is 8. The van der Waals surface area contributed by atoms with Gasteiger partial charge in [0.05, 0.1) is 12.1 Å². The first-order valence-electron chi connectivity index (χ1n) is 14.3. The van der Waals surface area contributed by atoms with Crippen LogP contribution in [0.15, 0.2) is 66.7 Å². The van der Waals surface area contributed by atoms with Crippen LogP contribution in [0.2, 0.25) is 5.02 Å². The third-order valence-corrected chi connectivity index (χ3v) is 9.98. The number of hydrogen-bond acceptors (Lipinski definition) is 5. The number of thiophene rings is 1. The van der Waals surface area contributed by atoms with Crippen LogP contribution in [0, 0.1) is 0 Å². The Hall–Kier alpha value is -3.39. The van der Waals surface area contributed by atoms with E-state index in [1.807, 2.05) is 65.6 Å². The predicted molar refractivity (Wildman–Crippen MR) is 173 cm³/mol. The summed E-state index contributed by atoms with van der Waals surface area (Å²) in [5.74, 6) is 0.670. The van der Waals surface area contributed by atoms with E-state index in [1.54, 1.807) is 26.1 Å². The monoisotopic (exact) mass is 603 g/mol. The van der Waals surface area contributed by atoms with Crippen molar-refractivity contribution in [2.24, 2.45) is 0 Å². The van der Waals surface area contributed by atoms with Crippen LogP contribution in [0.4, 0.5) is 0 Å². The summed E-state index contributed by atoms with van der Waals surface area (Å²) in [6.07, 6.45) is 3.94. The lowest BCUT2D eigenvalue weighted by molar-refractivity contribution is 0.0573. The Morgan fingerprint density at radius 1 is 0.857 bits per heavy atom. The van der Waals surface area contributed by atoms with Crippen molar-refractivity contribution < 1.29 is 14.3 Å². The van der Waals surface area contributed by atoms with Crippen molar-refractivity contribution in [2.75, 3.05) is 35.3 Å². The third-order valence-electron chi connectivity index (χ3n) is 8.32. The molecular formula is C34H38ClN3O3S. The molecule has 4 aromatic rings. The first-order chi connectivity index (χ1) is 20.2. The molecule has 1 aromatic heterocycles. The summed E-state index contributed by atoms with van der Waals surface area (Å²) in [6.45, 7) is 0.412. The van der Waals surface area contributed by atoms with Crippen LogP contribution < -0.4 is 4.74 Å². The van der Waals surface area contributed by atoms with Crippen LogP contribution in [-0.4, -0.2) is 73.9 Å². The summed E-state index contributed by atoms with van der Waals surface area (Å²) < 4.78 is 6.80. The van der Waals surface area contributed by atoms with Gasteiger partial charge in [0, 0.05) is 53.9 Å². The first kappa shape index (κ1) is 30.1. The van der Waals surface area contributed by atoms with Gasteiger partial charge in [-0.3, -0.25) is 9.59 Å². The van der Waals surface area contributed by atoms with Crippen molar-refractivity contribution in [1.82, 2.24) is 14.7 Å². The van der Waals surface area contributed by atoms with E-state index in [9.17, 15) is 9.59 Å². The molecule has 1 heterocycles. The summed E-state index contributed by atoms with van der Waals surface area (Å²) in [6, 6.07) is 22.2. The zero-order valence-electron chi connectivity index (χ0n) is 24.9. The highest BCUT2D eigenvalue weighted by Crippen LogP contribution is 2.38. The van der Waals surface area contributed by atoms with E-state index in [2.05, 4.69) is 25.1 Å². The molecule has 42 heavy (non-hydrogen) atoms. The second-order valence-corrected chi connectivity index (χ2v) is 12.8. The maximum Gasteiger partial charge on any atom is 0.266 e. The number of benzene rings is 3. The van der Waals surface area contributed by atoms with Gasteiger partial charge in [-0.15, -0.1) is 11.3 Å². The summed E-state index contributed by atoms with van der Waals surface area (Å²) in [5, 5.41) is 1.44. The first-order valence-corrected chi connectivity index (χ1v) is 15.5. The molecule has 0 N–H and O–H groups in total. The molecule has 6 nitrogen and oxygen atoms in total. The molecule has 1 fully saturated rings. The van der Waals surface area contributed by atoms with Crippen molar-refractivity contribution in [3.05, 3.63) is 87.8 Å². The van der Waals surface area contributed by atoms with E-state index >= 15 is 0 Å². The average molecular weight is 604 g/mol. The second kappa shape index (κ2) is 12.9. The van der Waals surface area contributed by atoms with Crippen LogP contribution in [0.3, 0.4) is 0 Å². The van der Waals surface area contributed by atoms with E-state index in [1.165, 1.54) is 11.3 Å². The zero-order valence-corrected chi connectivity index (χ0v) is 26.5. The summed E-state index contributed by atoms with van der Waals surface area (Å²) in [4.78, 5) is 33.2. The van der Waals surface area contributed by atoms with Gasteiger partial charge in [0.25, 0.3) is 11.8 Å². The lowest BCUT2D eigenvalue weighted by atomic mass is 9.89. The molecule has 0 unspecified atom stereocenters. The second-order valence-electron chi connectivity index (χ2n) is 11.4. The number of carbonyl (C=O) groups excluding carboxylic acids is 2. The van der Waals surface area contributed by atoms with Crippen LogP contribution >= 0.6 is 22.9 Å². The molecule has 1 aliphatic rings. The van der Waals surface area contributed by atoms with Gasteiger partial charge in [0.15, 0.2) is 0 Å². The SMILES string of the molecule is COc1ccc(-c2ccc(C(=O)N(C)C)cc2)cc1CN(C(=O)c1sc2ccccc2c1Cl)C1CCC(N(C)C)CC1. The molecule has 1 aliphatic carbocycles. The number of ether oxygens (including phenoxy) is 1. The number of halogens is 1. The van der Waals surface area contributed by atoms with E-state index in [4.69, 9.17) is 16.3 Å². The van der Waals surface area contributed by atoms with E-state index in [0.717, 1.165) is 58.2 Å². The highest BCUT2D eigenvalue weighted by Gasteiger charge is 2.33. The molecule has 0 atom stereocenters. The number of methoxy groups -OCH3 is 1. The Kier molecular flexibility index (Phi) is 9.21. The van der Waals surface area contributed by atoms with Crippen molar-refractivity contribution in [1.29, 1.82) is 0 Å². The number of hydrogen-bond donors (Lipinski definition) is 0. The van der Waals surface area contributed by atoms with Gasteiger partial charge in [-0.05, 0) is 81.2 Å². The fraction of sp³-hybridized carbons (Fsp3) is 0.353. The van der Waals surface area contributed by atoms with E-state index in [0.29, 0.717) is 28.0 Å². The molecule has 5 rings (SSSR count). The largest absolute Gasteiger partial charge is 0.496 e. The molecule has 8 heteroatoms. The lowest BCUT2D eigenvalue weighted by Crippen LogP contribution is -2.44. The molecule has 0 aliphatic heterocycles. The molecule has 0 bridgehead atoms. The molecule has 0 radical (unpaired) electrons. The quantitative estimate of drug-likeness (QED) is 0.210. The van der Waals surface area contributed by atoms with Crippen molar-refractivity contribution in [3.63, 3.8) is 0 Å². The Morgan fingerprint density at radius 3 is 2.12 bits per heavy atom. The van der Waals surface area contributed by atoms with Gasteiger partial charge in [-0.2, -0.15) is 0 Å². The van der Waals surface area contributed by atoms with Crippen molar-refractivity contribution in [2.45, 2.75) is 44.3 Å². The minimum absolute atomic E-state index is 0.0324. The minimum Gasteiger partial charge on any atom is -0.496 e. The maximum atomic E-state index is 14.3. The topological polar surface area (TPSA) is 53.1 Å². The molecule has 2 amide bonds. The Balaban J connectivity index is 1.49. The molecule has 220 valence electrons. The normalized spacial score (nSPS) is 16.9. The van der Waals surface area contributed by atoms with Gasteiger partial charge in [0.2, 0.25) is 0 Å². The lowest BCUT2D eigenvalue weighted by Gasteiger charge is -2.39. The fourth-order valence-corrected chi connectivity index (χ4v) is 7.33. The maximum absolute atomic E-state index is 14.3. The standard InChI is InChI=1S/C34H38ClN3O3S/c1-36(2)26-15-17-27(18-16-26)38(34(40)32-31(35)28-8-6-7-9-30(28)42-32)21-25-20-24(14-19-29(25)41-5)22-10-12-23(13-11-22)33(39)37(3)4/h6-14,19-20,26-27H,15-18,21H2,1-5H3. The summed E-state index contributed by atoms with van der Waals surface area (Å²) >= 11 is 8.29. The van der Waals surface area contributed by atoms with E-state index in [-0.39, 0.29) is 17.9 Å². The molecule has 3 aromatic carbocycles. The number of amides is 2.